The Morgan fingerprint density at radius 1 is 1.38 bits per heavy atom. The molecule has 0 aliphatic carbocycles. The second-order valence-electron chi connectivity index (χ2n) is 7.00. The quantitative estimate of drug-likeness (QED) is 0.642. The number of thiazole rings is 1. The lowest BCUT2D eigenvalue weighted by atomic mass is 9.97. The van der Waals surface area contributed by atoms with Gasteiger partial charge in [0.1, 0.15) is 10.7 Å². The van der Waals surface area contributed by atoms with E-state index in [0.29, 0.717) is 29.4 Å². The fourth-order valence-corrected chi connectivity index (χ4v) is 5.14. The van der Waals surface area contributed by atoms with E-state index in [1.54, 1.807) is 28.8 Å². The number of hydrogen-bond acceptors (Lipinski definition) is 7. The molecule has 1 aliphatic heterocycles. The number of piperidine rings is 1. The zero-order chi connectivity index (χ0) is 20.2. The molecule has 3 aromatic rings. The van der Waals surface area contributed by atoms with Crippen molar-refractivity contribution in [2.24, 2.45) is 11.7 Å². The van der Waals surface area contributed by atoms with Gasteiger partial charge in [0.15, 0.2) is 0 Å². The van der Waals surface area contributed by atoms with Crippen molar-refractivity contribution in [1.29, 1.82) is 5.26 Å². The number of anilines is 2. The number of nitrogens with zero attached hydrogens (tertiary/aromatic N) is 3. The van der Waals surface area contributed by atoms with E-state index in [-0.39, 0.29) is 5.91 Å². The molecule has 1 unspecified atom stereocenters. The Labute approximate surface area is 177 Å². The average molecular weight is 424 g/mol. The summed E-state index contributed by atoms with van der Waals surface area (Å²) in [6.07, 6.45) is 2.15. The first-order chi connectivity index (χ1) is 14.2. The monoisotopic (exact) mass is 423 g/mol. The summed E-state index contributed by atoms with van der Waals surface area (Å²) in [6, 6.07) is 11.5. The van der Waals surface area contributed by atoms with Crippen LogP contribution in [0.2, 0.25) is 0 Å². The highest BCUT2D eigenvalue weighted by Crippen LogP contribution is 2.32. The summed E-state index contributed by atoms with van der Waals surface area (Å²) in [7, 11) is 0. The second-order valence-corrected chi connectivity index (χ2v) is 8.81. The van der Waals surface area contributed by atoms with E-state index < -0.39 is 0 Å². The van der Waals surface area contributed by atoms with Crippen molar-refractivity contribution in [1.82, 2.24) is 4.98 Å². The molecule has 148 valence electrons. The van der Waals surface area contributed by atoms with Gasteiger partial charge in [-0.25, -0.2) is 4.98 Å². The van der Waals surface area contributed by atoms with Crippen LogP contribution in [0.1, 0.15) is 28.9 Å². The molecular formula is C21H21N5OS2. The Balaban J connectivity index is 1.58. The number of nitrogens with two attached hydrogens (primary N) is 1. The van der Waals surface area contributed by atoms with Gasteiger partial charge >= 0.3 is 0 Å². The van der Waals surface area contributed by atoms with Gasteiger partial charge in [0.25, 0.3) is 5.91 Å². The lowest BCUT2D eigenvalue weighted by Crippen LogP contribution is -2.38. The molecule has 3 N–H and O–H groups in total. The SMILES string of the molecule is N#Cc1ccc(NC(=O)c2csc(-c3cccs3)n2)c(N2CCCC(CN)C2)c1. The molecule has 2 aromatic heterocycles. The van der Waals surface area contributed by atoms with Crippen molar-refractivity contribution in [3.8, 4) is 16.0 Å². The first kappa shape index (κ1) is 19.6. The Kier molecular flexibility index (Phi) is 5.90. The van der Waals surface area contributed by atoms with Crippen LogP contribution in [0.4, 0.5) is 11.4 Å². The predicted octanol–water partition coefficient (Wildman–Crippen LogP) is 4.17. The van der Waals surface area contributed by atoms with Gasteiger partial charge < -0.3 is 16.0 Å². The number of hydrogen-bond donors (Lipinski definition) is 2. The summed E-state index contributed by atoms with van der Waals surface area (Å²) < 4.78 is 0. The summed E-state index contributed by atoms with van der Waals surface area (Å²) in [5.74, 6) is 0.173. The van der Waals surface area contributed by atoms with Crippen LogP contribution in [0.5, 0.6) is 0 Å². The molecule has 1 amide bonds. The van der Waals surface area contributed by atoms with Gasteiger partial charge in [-0.1, -0.05) is 6.07 Å². The molecular weight excluding hydrogens is 402 g/mol. The zero-order valence-corrected chi connectivity index (χ0v) is 17.4. The number of rotatable bonds is 5. The molecule has 8 heteroatoms. The first-order valence-corrected chi connectivity index (χ1v) is 11.2. The number of aromatic nitrogens is 1. The third kappa shape index (κ3) is 4.32. The van der Waals surface area contributed by atoms with Gasteiger partial charge in [-0.15, -0.1) is 22.7 Å². The molecule has 1 atom stereocenters. The van der Waals surface area contributed by atoms with Gasteiger partial charge in [-0.2, -0.15) is 5.26 Å². The summed E-state index contributed by atoms with van der Waals surface area (Å²) in [4.78, 5) is 20.6. The van der Waals surface area contributed by atoms with Crippen LogP contribution in [0, 0.1) is 17.2 Å². The van der Waals surface area contributed by atoms with Gasteiger partial charge in [-0.3, -0.25) is 4.79 Å². The van der Waals surface area contributed by atoms with E-state index in [2.05, 4.69) is 21.3 Å². The third-order valence-electron chi connectivity index (χ3n) is 5.04. The molecule has 1 aliphatic rings. The molecule has 6 nitrogen and oxygen atoms in total. The van der Waals surface area contributed by atoms with Gasteiger partial charge in [0.2, 0.25) is 0 Å². The molecule has 0 saturated carbocycles. The van der Waals surface area contributed by atoms with Crippen LogP contribution in [0.25, 0.3) is 9.88 Å². The highest BCUT2D eigenvalue weighted by Gasteiger charge is 2.22. The van der Waals surface area contributed by atoms with Crippen molar-refractivity contribution in [2.75, 3.05) is 29.9 Å². The van der Waals surface area contributed by atoms with Crippen LogP contribution in [-0.2, 0) is 0 Å². The van der Waals surface area contributed by atoms with Crippen molar-refractivity contribution >= 4 is 40.0 Å². The fourth-order valence-electron chi connectivity index (χ4n) is 3.52. The van der Waals surface area contributed by atoms with Crippen molar-refractivity contribution in [3.05, 3.63) is 52.3 Å². The summed E-state index contributed by atoms with van der Waals surface area (Å²) >= 11 is 3.06. The topological polar surface area (TPSA) is 95.0 Å². The Hall–Kier alpha value is -2.73. The minimum Gasteiger partial charge on any atom is -0.369 e. The third-order valence-corrected chi connectivity index (χ3v) is 6.92. The normalized spacial score (nSPS) is 16.4. The number of amides is 1. The minimum absolute atomic E-state index is 0.248. The van der Waals surface area contributed by atoms with E-state index in [1.165, 1.54) is 11.3 Å². The van der Waals surface area contributed by atoms with Gasteiger partial charge in [0, 0.05) is 18.5 Å². The summed E-state index contributed by atoms with van der Waals surface area (Å²) in [5.41, 5.74) is 8.41. The van der Waals surface area contributed by atoms with Crippen LogP contribution < -0.4 is 16.0 Å². The predicted molar refractivity (Wildman–Crippen MR) is 119 cm³/mol. The largest absolute Gasteiger partial charge is 0.369 e. The lowest BCUT2D eigenvalue weighted by Gasteiger charge is -2.35. The molecule has 3 heterocycles. The fraction of sp³-hybridized carbons (Fsp3) is 0.286. The standard InChI is InChI=1S/C21H21N5OS2/c22-10-14-5-6-16(18(9-14)26-7-1-3-15(11-23)12-26)24-20(27)17-13-29-21(25-17)19-4-2-8-28-19/h2,4-6,8-9,13,15H,1,3,7,11-12,23H2,(H,24,27). The first-order valence-electron chi connectivity index (χ1n) is 9.48. The van der Waals surface area contributed by atoms with Gasteiger partial charge in [0.05, 0.1) is 27.9 Å². The number of thiophene rings is 1. The Morgan fingerprint density at radius 2 is 2.28 bits per heavy atom. The van der Waals surface area contributed by atoms with Crippen LogP contribution in [0.15, 0.2) is 41.1 Å². The molecule has 1 saturated heterocycles. The molecule has 4 rings (SSSR count). The number of carbonyl (C=O) groups is 1. The molecule has 1 fully saturated rings. The highest BCUT2D eigenvalue weighted by atomic mass is 32.1. The van der Waals surface area contributed by atoms with E-state index in [0.717, 1.165) is 41.5 Å². The maximum absolute atomic E-state index is 12.8. The Bertz CT molecular complexity index is 1040. The zero-order valence-electron chi connectivity index (χ0n) is 15.8. The number of nitriles is 1. The van der Waals surface area contributed by atoms with Crippen molar-refractivity contribution in [3.63, 3.8) is 0 Å². The smallest absolute Gasteiger partial charge is 0.275 e. The number of carbonyl (C=O) groups excluding carboxylic acids is 1. The minimum atomic E-state index is -0.248. The molecule has 0 bridgehead atoms. The summed E-state index contributed by atoms with van der Waals surface area (Å²) in [5, 5.41) is 16.9. The van der Waals surface area contributed by atoms with Crippen molar-refractivity contribution in [2.45, 2.75) is 12.8 Å². The maximum Gasteiger partial charge on any atom is 0.275 e. The molecule has 29 heavy (non-hydrogen) atoms. The second kappa shape index (κ2) is 8.74. The van der Waals surface area contributed by atoms with E-state index in [9.17, 15) is 10.1 Å². The Morgan fingerprint density at radius 3 is 3.03 bits per heavy atom. The number of nitrogens with one attached hydrogen (secondary N) is 1. The molecule has 1 aromatic carbocycles. The molecule has 0 spiro atoms. The molecule has 0 radical (unpaired) electrons. The van der Waals surface area contributed by atoms with E-state index >= 15 is 0 Å². The van der Waals surface area contributed by atoms with Crippen LogP contribution in [0.3, 0.4) is 0 Å². The maximum atomic E-state index is 12.8. The van der Waals surface area contributed by atoms with E-state index in [1.807, 2.05) is 23.6 Å². The van der Waals surface area contributed by atoms with E-state index in [4.69, 9.17) is 5.73 Å². The average Bonchev–Trinajstić information content (AvgIpc) is 3.46. The summed E-state index contributed by atoms with van der Waals surface area (Å²) in [6.45, 7) is 2.35. The lowest BCUT2D eigenvalue weighted by molar-refractivity contribution is 0.102. The van der Waals surface area contributed by atoms with Gasteiger partial charge in [-0.05, 0) is 54.9 Å². The number of benzene rings is 1. The van der Waals surface area contributed by atoms with Crippen LogP contribution in [-0.4, -0.2) is 30.5 Å². The van der Waals surface area contributed by atoms with Crippen LogP contribution >= 0.6 is 22.7 Å². The van der Waals surface area contributed by atoms with Crippen molar-refractivity contribution < 1.29 is 4.79 Å². The highest BCUT2D eigenvalue weighted by molar-refractivity contribution is 7.20.